The van der Waals surface area contributed by atoms with Crippen LogP contribution in [0.15, 0.2) is 24.3 Å². The number of nitrogens with one attached hydrogen (secondary N) is 1. The van der Waals surface area contributed by atoms with Crippen LogP contribution in [0.25, 0.3) is 0 Å². The summed E-state index contributed by atoms with van der Waals surface area (Å²) in [5.41, 5.74) is 2.50. The van der Waals surface area contributed by atoms with Gasteiger partial charge in [0.2, 0.25) is 5.91 Å². The monoisotopic (exact) mass is 247 g/mol. The first-order chi connectivity index (χ1) is 8.62. The summed E-state index contributed by atoms with van der Waals surface area (Å²) in [4.78, 5) is 12.0. The first-order valence-electron chi connectivity index (χ1n) is 7.01. The quantitative estimate of drug-likeness (QED) is 0.812. The van der Waals surface area contributed by atoms with Gasteiger partial charge in [0.15, 0.2) is 0 Å². The Morgan fingerprint density at radius 3 is 2.11 bits per heavy atom. The molecule has 0 spiro atoms. The molecule has 0 fully saturated rings. The minimum atomic E-state index is 0.0870. The van der Waals surface area contributed by atoms with Gasteiger partial charge in [-0.1, -0.05) is 45.0 Å². The van der Waals surface area contributed by atoms with E-state index in [0.29, 0.717) is 0 Å². The van der Waals surface area contributed by atoms with Crippen molar-refractivity contribution >= 4 is 5.91 Å². The van der Waals surface area contributed by atoms with E-state index in [1.54, 1.807) is 0 Å². The van der Waals surface area contributed by atoms with Crippen LogP contribution in [0.3, 0.4) is 0 Å². The summed E-state index contributed by atoms with van der Waals surface area (Å²) in [7, 11) is 0. The summed E-state index contributed by atoms with van der Waals surface area (Å²) < 4.78 is 0. The average molecular weight is 247 g/mol. The molecule has 1 amide bonds. The molecule has 18 heavy (non-hydrogen) atoms. The standard InChI is InChI=1S/C16H25NO/c1-5-13-8-10-15(11-9-13)12(4)17-16(18)14(6-2)7-3/h8-12,14H,5-7H2,1-4H3,(H,17,18). The molecule has 0 aliphatic carbocycles. The van der Waals surface area contributed by atoms with E-state index in [4.69, 9.17) is 0 Å². The van der Waals surface area contributed by atoms with Gasteiger partial charge in [0.25, 0.3) is 0 Å². The number of aryl methyl sites for hydroxylation is 1. The fraction of sp³-hybridized carbons (Fsp3) is 0.562. The number of amides is 1. The minimum absolute atomic E-state index is 0.0870. The topological polar surface area (TPSA) is 29.1 Å². The van der Waals surface area contributed by atoms with Gasteiger partial charge >= 0.3 is 0 Å². The smallest absolute Gasteiger partial charge is 0.223 e. The Morgan fingerprint density at radius 1 is 1.11 bits per heavy atom. The maximum absolute atomic E-state index is 12.0. The van der Waals surface area contributed by atoms with Crippen molar-refractivity contribution in [2.24, 2.45) is 5.92 Å². The van der Waals surface area contributed by atoms with Gasteiger partial charge in [-0.25, -0.2) is 0 Å². The highest BCUT2D eigenvalue weighted by Crippen LogP contribution is 2.16. The Bertz CT molecular complexity index is 365. The van der Waals surface area contributed by atoms with Gasteiger partial charge in [-0.2, -0.15) is 0 Å². The largest absolute Gasteiger partial charge is 0.349 e. The average Bonchev–Trinajstić information content (AvgIpc) is 2.40. The van der Waals surface area contributed by atoms with E-state index in [9.17, 15) is 4.79 Å². The van der Waals surface area contributed by atoms with Crippen molar-refractivity contribution in [3.63, 3.8) is 0 Å². The molecule has 0 aliphatic heterocycles. The summed E-state index contributed by atoms with van der Waals surface area (Å²) in [5, 5.41) is 3.10. The Hall–Kier alpha value is -1.31. The summed E-state index contributed by atoms with van der Waals surface area (Å²) in [5.74, 6) is 0.314. The van der Waals surface area contributed by atoms with Crippen LogP contribution in [0.5, 0.6) is 0 Å². The van der Waals surface area contributed by atoms with Crippen LogP contribution in [-0.4, -0.2) is 5.91 Å². The van der Waals surface area contributed by atoms with Crippen LogP contribution in [0.2, 0.25) is 0 Å². The highest BCUT2D eigenvalue weighted by atomic mass is 16.1. The zero-order valence-electron chi connectivity index (χ0n) is 12.0. The van der Waals surface area contributed by atoms with Gasteiger partial charge in [-0.15, -0.1) is 0 Å². The molecule has 0 saturated heterocycles. The fourth-order valence-electron chi connectivity index (χ4n) is 2.12. The molecule has 1 unspecified atom stereocenters. The van der Waals surface area contributed by atoms with Crippen molar-refractivity contribution < 1.29 is 4.79 Å². The second-order valence-electron chi connectivity index (χ2n) is 4.84. The molecule has 1 rings (SSSR count). The van der Waals surface area contributed by atoms with Crippen LogP contribution < -0.4 is 5.32 Å². The third kappa shape index (κ3) is 3.86. The number of hydrogen-bond acceptors (Lipinski definition) is 1. The fourth-order valence-corrected chi connectivity index (χ4v) is 2.12. The van der Waals surface area contributed by atoms with Crippen molar-refractivity contribution in [2.75, 3.05) is 0 Å². The maximum Gasteiger partial charge on any atom is 0.223 e. The Labute approximate surface area is 111 Å². The van der Waals surface area contributed by atoms with Crippen LogP contribution >= 0.6 is 0 Å². The zero-order chi connectivity index (χ0) is 13.5. The molecule has 1 N–H and O–H groups in total. The van der Waals surface area contributed by atoms with Crippen molar-refractivity contribution in [1.29, 1.82) is 0 Å². The summed E-state index contributed by atoms with van der Waals surface area (Å²) in [6.45, 7) is 8.32. The van der Waals surface area contributed by atoms with E-state index in [1.807, 2.05) is 6.92 Å². The van der Waals surface area contributed by atoms with Gasteiger partial charge in [-0.3, -0.25) is 4.79 Å². The predicted molar refractivity (Wildman–Crippen MR) is 76.4 cm³/mol. The zero-order valence-corrected chi connectivity index (χ0v) is 12.0. The molecule has 0 aliphatic rings. The molecule has 0 bridgehead atoms. The van der Waals surface area contributed by atoms with Gasteiger partial charge in [0.1, 0.15) is 0 Å². The molecular formula is C16H25NO. The van der Waals surface area contributed by atoms with E-state index in [-0.39, 0.29) is 17.9 Å². The molecule has 0 aromatic heterocycles. The Kier molecular flexibility index (Phi) is 5.90. The van der Waals surface area contributed by atoms with Crippen LogP contribution in [-0.2, 0) is 11.2 Å². The third-order valence-electron chi connectivity index (χ3n) is 3.60. The number of benzene rings is 1. The molecule has 2 nitrogen and oxygen atoms in total. The second kappa shape index (κ2) is 7.20. The van der Waals surface area contributed by atoms with Crippen LogP contribution in [0.1, 0.15) is 57.7 Å². The SMILES string of the molecule is CCc1ccc(C(C)NC(=O)C(CC)CC)cc1. The maximum atomic E-state index is 12.0. The molecule has 0 saturated carbocycles. The lowest BCUT2D eigenvalue weighted by Crippen LogP contribution is -2.32. The van der Waals surface area contributed by atoms with Crippen molar-refractivity contribution in [2.45, 2.75) is 53.0 Å². The van der Waals surface area contributed by atoms with E-state index in [1.165, 1.54) is 11.1 Å². The van der Waals surface area contributed by atoms with Crippen molar-refractivity contribution in [3.05, 3.63) is 35.4 Å². The number of carbonyl (C=O) groups is 1. The molecule has 1 aromatic carbocycles. The predicted octanol–water partition coefficient (Wildman–Crippen LogP) is 3.86. The highest BCUT2D eigenvalue weighted by molar-refractivity contribution is 5.78. The van der Waals surface area contributed by atoms with Gasteiger partial charge in [-0.05, 0) is 37.3 Å². The normalized spacial score (nSPS) is 12.5. The summed E-state index contributed by atoms with van der Waals surface area (Å²) in [6.07, 6.45) is 2.86. The van der Waals surface area contributed by atoms with E-state index in [0.717, 1.165) is 19.3 Å². The van der Waals surface area contributed by atoms with E-state index in [2.05, 4.69) is 50.4 Å². The molecule has 0 radical (unpaired) electrons. The van der Waals surface area contributed by atoms with Gasteiger partial charge < -0.3 is 5.32 Å². The lowest BCUT2D eigenvalue weighted by atomic mass is 10.0. The summed E-state index contributed by atoms with van der Waals surface area (Å²) in [6, 6.07) is 8.57. The molecule has 0 heterocycles. The molecule has 1 atom stereocenters. The van der Waals surface area contributed by atoms with Crippen LogP contribution in [0, 0.1) is 5.92 Å². The van der Waals surface area contributed by atoms with E-state index >= 15 is 0 Å². The number of hydrogen-bond donors (Lipinski definition) is 1. The van der Waals surface area contributed by atoms with E-state index < -0.39 is 0 Å². The molecule has 100 valence electrons. The molecular weight excluding hydrogens is 222 g/mol. The highest BCUT2D eigenvalue weighted by Gasteiger charge is 2.16. The summed E-state index contributed by atoms with van der Waals surface area (Å²) >= 11 is 0. The minimum Gasteiger partial charge on any atom is -0.349 e. The van der Waals surface area contributed by atoms with Crippen molar-refractivity contribution in [3.8, 4) is 0 Å². The van der Waals surface area contributed by atoms with Gasteiger partial charge in [0, 0.05) is 5.92 Å². The lowest BCUT2D eigenvalue weighted by molar-refractivity contribution is -0.125. The first kappa shape index (κ1) is 14.7. The first-order valence-corrected chi connectivity index (χ1v) is 7.01. The Balaban J connectivity index is 2.63. The lowest BCUT2D eigenvalue weighted by Gasteiger charge is -2.18. The van der Waals surface area contributed by atoms with Gasteiger partial charge in [0.05, 0.1) is 6.04 Å². The van der Waals surface area contributed by atoms with Crippen molar-refractivity contribution in [1.82, 2.24) is 5.32 Å². The third-order valence-corrected chi connectivity index (χ3v) is 3.60. The molecule has 1 aromatic rings. The number of carbonyl (C=O) groups excluding carboxylic acids is 1. The Morgan fingerprint density at radius 2 is 1.67 bits per heavy atom. The second-order valence-corrected chi connectivity index (χ2v) is 4.84. The van der Waals surface area contributed by atoms with Crippen LogP contribution in [0.4, 0.5) is 0 Å². The molecule has 2 heteroatoms. The number of rotatable bonds is 6.